The number of sulfonamides is 1. The molecule has 0 amide bonds. The summed E-state index contributed by atoms with van der Waals surface area (Å²) < 4.78 is 33.2. The Kier molecular flexibility index (Phi) is 5.65. The number of para-hydroxylation sites is 1. The fourth-order valence-corrected chi connectivity index (χ4v) is 4.96. The van der Waals surface area contributed by atoms with Gasteiger partial charge in [0, 0.05) is 12.6 Å². The average molecular weight is 390 g/mol. The lowest BCUT2D eigenvalue weighted by molar-refractivity contribution is -0.387. The molecule has 0 spiro atoms. The first-order valence-corrected chi connectivity index (χ1v) is 10.4. The van der Waals surface area contributed by atoms with E-state index in [0.29, 0.717) is 11.4 Å². The van der Waals surface area contributed by atoms with Crippen LogP contribution in [0.15, 0.2) is 53.4 Å². The summed E-state index contributed by atoms with van der Waals surface area (Å²) in [6.07, 6.45) is 4.62. The molecule has 0 aliphatic heterocycles. The molecule has 0 radical (unpaired) electrons. The molecule has 144 valence electrons. The minimum absolute atomic E-state index is 0.150. The number of anilines is 1. The molecule has 0 aromatic heterocycles. The molecule has 1 saturated carbocycles. The summed E-state index contributed by atoms with van der Waals surface area (Å²) in [6.45, 7) is 1.84. The van der Waals surface area contributed by atoms with Crippen LogP contribution < -0.4 is 9.04 Å². The van der Waals surface area contributed by atoms with Crippen molar-refractivity contribution in [2.75, 3.05) is 10.8 Å². The average Bonchev–Trinajstić information content (AvgIpc) is 3.16. The van der Waals surface area contributed by atoms with Crippen LogP contribution in [0.4, 0.5) is 11.4 Å². The molecule has 27 heavy (non-hydrogen) atoms. The van der Waals surface area contributed by atoms with Gasteiger partial charge in [-0.3, -0.25) is 14.4 Å². The highest BCUT2D eigenvalue weighted by atomic mass is 32.2. The van der Waals surface area contributed by atoms with E-state index in [4.69, 9.17) is 4.74 Å². The van der Waals surface area contributed by atoms with Crippen molar-refractivity contribution in [1.29, 1.82) is 0 Å². The fraction of sp³-hybridized carbons (Fsp3) is 0.368. The number of rotatable bonds is 7. The summed E-state index contributed by atoms with van der Waals surface area (Å²) in [5.41, 5.74) is 0.00607. The monoisotopic (exact) mass is 390 g/mol. The Labute approximate surface area is 158 Å². The maximum atomic E-state index is 13.0. The van der Waals surface area contributed by atoms with Crippen molar-refractivity contribution < 1.29 is 18.1 Å². The van der Waals surface area contributed by atoms with Crippen LogP contribution in [-0.4, -0.2) is 26.0 Å². The molecule has 7 nitrogen and oxygen atoms in total. The number of benzene rings is 2. The SMILES string of the molecule is CCN(c1ccc(OC2CCCC2)cc1)S(=O)(=O)c1ccccc1[N+](=O)[O-]. The van der Waals surface area contributed by atoms with Crippen LogP contribution in [0.2, 0.25) is 0 Å². The van der Waals surface area contributed by atoms with Gasteiger partial charge in [0.25, 0.3) is 15.7 Å². The van der Waals surface area contributed by atoms with Crippen LogP contribution in [0.3, 0.4) is 0 Å². The molecule has 0 atom stereocenters. The van der Waals surface area contributed by atoms with Gasteiger partial charge >= 0.3 is 0 Å². The van der Waals surface area contributed by atoms with E-state index in [0.717, 1.165) is 17.1 Å². The number of hydrogen-bond donors (Lipinski definition) is 0. The van der Waals surface area contributed by atoms with Crippen molar-refractivity contribution in [2.24, 2.45) is 0 Å². The summed E-state index contributed by atoms with van der Waals surface area (Å²) in [5, 5.41) is 11.2. The molecule has 2 aromatic rings. The first-order valence-electron chi connectivity index (χ1n) is 8.96. The van der Waals surface area contributed by atoms with Gasteiger partial charge in [0.15, 0.2) is 4.90 Å². The third-order valence-corrected chi connectivity index (χ3v) is 6.60. The molecule has 0 unspecified atom stereocenters. The topological polar surface area (TPSA) is 89.8 Å². The van der Waals surface area contributed by atoms with Gasteiger partial charge in [0.05, 0.1) is 16.7 Å². The van der Waals surface area contributed by atoms with Gasteiger partial charge in [-0.2, -0.15) is 0 Å². The molecule has 3 rings (SSSR count). The van der Waals surface area contributed by atoms with Crippen LogP contribution in [0.5, 0.6) is 5.75 Å². The minimum Gasteiger partial charge on any atom is -0.490 e. The van der Waals surface area contributed by atoms with E-state index in [1.165, 1.54) is 37.1 Å². The zero-order chi connectivity index (χ0) is 19.4. The van der Waals surface area contributed by atoms with Crippen molar-refractivity contribution in [1.82, 2.24) is 0 Å². The van der Waals surface area contributed by atoms with Crippen molar-refractivity contribution >= 4 is 21.4 Å². The van der Waals surface area contributed by atoms with E-state index in [9.17, 15) is 18.5 Å². The zero-order valence-electron chi connectivity index (χ0n) is 15.1. The number of nitro benzene ring substituents is 1. The lowest BCUT2D eigenvalue weighted by Gasteiger charge is -2.23. The van der Waals surface area contributed by atoms with Gasteiger partial charge in [-0.1, -0.05) is 12.1 Å². The molecule has 0 N–H and O–H groups in total. The summed E-state index contributed by atoms with van der Waals surface area (Å²) in [5.74, 6) is 0.699. The second-order valence-electron chi connectivity index (χ2n) is 6.41. The predicted octanol–water partition coefficient (Wildman–Crippen LogP) is 4.13. The van der Waals surface area contributed by atoms with Crippen LogP contribution in [0.25, 0.3) is 0 Å². The number of ether oxygens (including phenoxy) is 1. The third-order valence-electron chi connectivity index (χ3n) is 4.65. The Morgan fingerprint density at radius 1 is 1.11 bits per heavy atom. The lowest BCUT2D eigenvalue weighted by atomic mass is 10.2. The van der Waals surface area contributed by atoms with Crippen molar-refractivity contribution in [2.45, 2.75) is 43.6 Å². The van der Waals surface area contributed by atoms with Crippen molar-refractivity contribution in [3.8, 4) is 5.75 Å². The molecule has 8 heteroatoms. The molecule has 0 saturated heterocycles. The lowest BCUT2D eigenvalue weighted by Crippen LogP contribution is -2.31. The molecule has 2 aromatic carbocycles. The molecule has 1 aliphatic carbocycles. The van der Waals surface area contributed by atoms with Crippen LogP contribution in [0, 0.1) is 10.1 Å². The standard InChI is InChI=1S/C19H22N2O5S/c1-2-20(27(24,25)19-10-6-5-9-18(19)21(22)23)15-11-13-17(14-12-15)26-16-7-3-4-8-16/h5-6,9-14,16H,2-4,7-8H2,1H3. The van der Waals surface area contributed by atoms with E-state index in [1.807, 2.05) is 0 Å². The normalized spacial score (nSPS) is 14.9. The molecule has 0 heterocycles. The summed E-state index contributed by atoms with van der Waals surface area (Å²) in [4.78, 5) is 10.2. The van der Waals surface area contributed by atoms with E-state index < -0.39 is 20.6 Å². The van der Waals surface area contributed by atoms with E-state index >= 15 is 0 Å². The highest BCUT2D eigenvalue weighted by molar-refractivity contribution is 7.93. The Morgan fingerprint density at radius 3 is 2.33 bits per heavy atom. The number of hydrogen-bond acceptors (Lipinski definition) is 5. The molecule has 1 fully saturated rings. The van der Waals surface area contributed by atoms with Crippen molar-refractivity contribution in [3.05, 3.63) is 58.6 Å². The quantitative estimate of drug-likeness (QED) is 0.524. The maximum absolute atomic E-state index is 13.0. The van der Waals surface area contributed by atoms with Gasteiger partial charge in [0.2, 0.25) is 0 Å². The Hall–Kier alpha value is -2.61. The first-order chi connectivity index (χ1) is 12.9. The minimum atomic E-state index is -4.06. The molecule has 1 aliphatic rings. The van der Waals surface area contributed by atoms with Gasteiger partial charge in [-0.15, -0.1) is 0 Å². The first kappa shape index (κ1) is 19.2. The second-order valence-corrected chi connectivity index (χ2v) is 8.24. The van der Waals surface area contributed by atoms with Crippen LogP contribution in [-0.2, 0) is 10.0 Å². The predicted molar refractivity (Wildman–Crippen MR) is 103 cm³/mol. The largest absolute Gasteiger partial charge is 0.490 e. The van der Waals surface area contributed by atoms with E-state index in [2.05, 4.69) is 0 Å². The third kappa shape index (κ3) is 4.05. The molecule has 0 bridgehead atoms. The van der Waals surface area contributed by atoms with Crippen LogP contribution in [0.1, 0.15) is 32.6 Å². The molecular weight excluding hydrogens is 368 g/mol. The Bertz CT molecular complexity index is 906. The Balaban J connectivity index is 1.88. The number of nitro groups is 1. The zero-order valence-corrected chi connectivity index (χ0v) is 15.9. The van der Waals surface area contributed by atoms with E-state index in [1.54, 1.807) is 31.2 Å². The van der Waals surface area contributed by atoms with Crippen molar-refractivity contribution in [3.63, 3.8) is 0 Å². The van der Waals surface area contributed by atoms with E-state index in [-0.39, 0.29) is 17.5 Å². The Morgan fingerprint density at radius 2 is 1.74 bits per heavy atom. The second kappa shape index (κ2) is 7.96. The van der Waals surface area contributed by atoms with Gasteiger partial charge in [-0.05, 0) is 62.9 Å². The maximum Gasteiger partial charge on any atom is 0.289 e. The summed E-state index contributed by atoms with van der Waals surface area (Å²) >= 11 is 0. The smallest absolute Gasteiger partial charge is 0.289 e. The van der Waals surface area contributed by atoms with Gasteiger partial charge in [0.1, 0.15) is 5.75 Å². The highest BCUT2D eigenvalue weighted by Crippen LogP contribution is 2.31. The van der Waals surface area contributed by atoms with Gasteiger partial charge < -0.3 is 4.74 Å². The van der Waals surface area contributed by atoms with Gasteiger partial charge in [-0.25, -0.2) is 8.42 Å². The number of nitrogens with zero attached hydrogens (tertiary/aromatic N) is 2. The fourth-order valence-electron chi connectivity index (χ4n) is 3.33. The van der Waals surface area contributed by atoms with Crippen LogP contribution >= 0.6 is 0 Å². The molecular formula is C19H22N2O5S. The summed E-state index contributed by atoms with van der Waals surface area (Å²) in [6, 6.07) is 12.2. The summed E-state index contributed by atoms with van der Waals surface area (Å²) in [7, 11) is -4.06. The highest BCUT2D eigenvalue weighted by Gasteiger charge is 2.30.